The summed E-state index contributed by atoms with van der Waals surface area (Å²) >= 11 is 0. The molecule has 2 rings (SSSR count). The van der Waals surface area contributed by atoms with Crippen LogP contribution in [0.1, 0.15) is 12.0 Å². The molecule has 2 amide bonds. The standard InChI is InChI=1S/C18H22N2O4/c1-4-8-19-18(22)14-11-17(21)20(12-14)9-7-13-5-6-15(23-2)16(10-13)24-3/h1,5-6,10,14H,7-9,11-12H2,2-3H3,(H,19,22)/t14-/m0/s1. The maximum atomic E-state index is 12.1. The topological polar surface area (TPSA) is 67.9 Å². The maximum absolute atomic E-state index is 12.1. The molecule has 0 radical (unpaired) electrons. The van der Waals surface area contributed by atoms with Crippen LogP contribution in [0, 0.1) is 18.3 Å². The molecule has 0 spiro atoms. The van der Waals surface area contributed by atoms with Gasteiger partial charge in [0, 0.05) is 19.5 Å². The first-order chi connectivity index (χ1) is 11.6. The summed E-state index contributed by atoms with van der Waals surface area (Å²) in [5, 5.41) is 2.63. The van der Waals surface area contributed by atoms with Gasteiger partial charge in [-0.05, 0) is 24.1 Å². The summed E-state index contributed by atoms with van der Waals surface area (Å²) in [7, 11) is 3.18. The smallest absolute Gasteiger partial charge is 0.226 e. The molecule has 1 N–H and O–H groups in total. The molecule has 0 aromatic heterocycles. The first-order valence-electron chi connectivity index (χ1n) is 7.79. The molecule has 1 fully saturated rings. The Hall–Kier alpha value is -2.68. The van der Waals surface area contributed by atoms with Crippen LogP contribution in [0.25, 0.3) is 0 Å². The predicted octanol–water partition coefficient (Wildman–Crippen LogP) is 0.844. The number of carbonyl (C=O) groups is 2. The van der Waals surface area contributed by atoms with Crippen LogP contribution < -0.4 is 14.8 Å². The van der Waals surface area contributed by atoms with Gasteiger partial charge in [0.05, 0.1) is 26.7 Å². The Morgan fingerprint density at radius 2 is 2.12 bits per heavy atom. The van der Waals surface area contributed by atoms with Crippen LogP contribution in [0.4, 0.5) is 0 Å². The van der Waals surface area contributed by atoms with Gasteiger partial charge in [0.25, 0.3) is 0 Å². The Morgan fingerprint density at radius 1 is 1.38 bits per heavy atom. The fourth-order valence-corrected chi connectivity index (χ4v) is 2.75. The van der Waals surface area contributed by atoms with Gasteiger partial charge in [-0.25, -0.2) is 0 Å². The van der Waals surface area contributed by atoms with Gasteiger partial charge in [-0.3, -0.25) is 9.59 Å². The highest BCUT2D eigenvalue weighted by Gasteiger charge is 2.33. The Balaban J connectivity index is 1.91. The number of amides is 2. The number of benzene rings is 1. The first-order valence-corrected chi connectivity index (χ1v) is 7.79. The van der Waals surface area contributed by atoms with E-state index < -0.39 is 0 Å². The van der Waals surface area contributed by atoms with E-state index in [-0.39, 0.29) is 30.7 Å². The summed E-state index contributed by atoms with van der Waals surface area (Å²) < 4.78 is 10.5. The van der Waals surface area contributed by atoms with E-state index in [9.17, 15) is 9.59 Å². The normalized spacial score (nSPS) is 16.6. The third kappa shape index (κ3) is 4.19. The molecule has 1 atom stereocenters. The van der Waals surface area contributed by atoms with Crippen LogP contribution in [0.15, 0.2) is 18.2 Å². The monoisotopic (exact) mass is 330 g/mol. The maximum Gasteiger partial charge on any atom is 0.226 e. The van der Waals surface area contributed by atoms with Gasteiger partial charge < -0.3 is 19.7 Å². The molecule has 6 heteroatoms. The minimum Gasteiger partial charge on any atom is -0.493 e. The summed E-state index contributed by atoms with van der Waals surface area (Å²) in [4.78, 5) is 25.7. The lowest BCUT2D eigenvalue weighted by Crippen LogP contribution is -2.33. The molecule has 0 bridgehead atoms. The molecule has 1 heterocycles. The van der Waals surface area contributed by atoms with Gasteiger partial charge in [0.1, 0.15) is 0 Å². The Labute approximate surface area is 142 Å². The third-order valence-electron chi connectivity index (χ3n) is 4.07. The van der Waals surface area contributed by atoms with Gasteiger partial charge in [-0.15, -0.1) is 6.42 Å². The van der Waals surface area contributed by atoms with E-state index in [0.717, 1.165) is 5.56 Å². The molecule has 1 saturated heterocycles. The Morgan fingerprint density at radius 3 is 2.79 bits per heavy atom. The van der Waals surface area contributed by atoms with Gasteiger partial charge in [-0.1, -0.05) is 12.0 Å². The van der Waals surface area contributed by atoms with Crippen LogP contribution in [-0.2, 0) is 16.0 Å². The van der Waals surface area contributed by atoms with Crippen molar-refractivity contribution in [2.24, 2.45) is 5.92 Å². The number of hydrogen-bond donors (Lipinski definition) is 1. The van der Waals surface area contributed by atoms with Gasteiger partial charge in [-0.2, -0.15) is 0 Å². The zero-order valence-corrected chi connectivity index (χ0v) is 14.0. The van der Waals surface area contributed by atoms with E-state index in [4.69, 9.17) is 15.9 Å². The highest BCUT2D eigenvalue weighted by atomic mass is 16.5. The number of rotatable bonds is 7. The average molecular weight is 330 g/mol. The number of carbonyl (C=O) groups excluding carboxylic acids is 2. The first kappa shape index (κ1) is 17.7. The van der Waals surface area contributed by atoms with E-state index >= 15 is 0 Å². The summed E-state index contributed by atoms with van der Waals surface area (Å²) in [5.74, 6) is 3.21. The molecule has 0 unspecified atom stereocenters. The number of likely N-dealkylation sites (tertiary alicyclic amines) is 1. The predicted molar refractivity (Wildman–Crippen MR) is 89.8 cm³/mol. The van der Waals surface area contributed by atoms with E-state index in [2.05, 4.69) is 11.2 Å². The Bertz CT molecular complexity index is 651. The van der Waals surface area contributed by atoms with Crippen molar-refractivity contribution in [3.8, 4) is 23.8 Å². The number of methoxy groups -OCH3 is 2. The molecule has 0 aliphatic carbocycles. The average Bonchev–Trinajstić information content (AvgIpc) is 2.98. The van der Waals surface area contributed by atoms with Crippen LogP contribution in [0.3, 0.4) is 0 Å². The van der Waals surface area contributed by atoms with Gasteiger partial charge in [0.2, 0.25) is 11.8 Å². The lowest BCUT2D eigenvalue weighted by Gasteiger charge is -2.17. The molecule has 0 saturated carbocycles. The van der Waals surface area contributed by atoms with Crippen molar-refractivity contribution in [3.05, 3.63) is 23.8 Å². The largest absolute Gasteiger partial charge is 0.493 e. The molecular formula is C18H22N2O4. The fourth-order valence-electron chi connectivity index (χ4n) is 2.75. The highest BCUT2D eigenvalue weighted by Crippen LogP contribution is 2.28. The van der Waals surface area contributed by atoms with E-state index in [1.165, 1.54) is 0 Å². The van der Waals surface area contributed by atoms with E-state index in [1.807, 2.05) is 18.2 Å². The molecule has 1 aliphatic heterocycles. The van der Waals surface area contributed by atoms with Crippen molar-refractivity contribution in [2.45, 2.75) is 12.8 Å². The fraction of sp³-hybridized carbons (Fsp3) is 0.444. The minimum atomic E-state index is -0.323. The summed E-state index contributed by atoms with van der Waals surface area (Å²) in [6.45, 7) is 1.19. The SMILES string of the molecule is C#CCNC(=O)[C@H]1CC(=O)N(CCc2ccc(OC)c(OC)c2)C1. The van der Waals surface area contributed by atoms with Crippen LogP contribution in [-0.4, -0.2) is 50.6 Å². The summed E-state index contributed by atoms with van der Waals surface area (Å²) in [5.41, 5.74) is 1.04. The second kappa shape index (κ2) is 8.25. The molecule has 1 aliphatic rings. The number of hydrogen-bond acceptors (Lipinski definition) is 4. The zero-order valence-electron chi connectivity index (χ0n) is 14.0. The summed E-state index contributed by atoms with van der Waals surface area (Å²) in [6.07, 6.45) is 6.05. The minimum absolute atomic E-state index is 0.00339. The molecule has 1 aromatic carbocycles. The number of nitrogens with zero attached hydrogens (tertiary/aromatic N) is 1. The zero-order chi connectivity index (χ0) is 17.5. The molecule has 1 aromatic rings. The van der Waals surface area contributed by atoms with E-state index in [0.29, 0.717) is 31.0 Å². The molecule has 24 heavy (non-hydrogen) atoms. The lowest BCUT2D eigenvalue weighted by molar-refractivity contribution is -0.128. The quantitative estimate of drug-likeness (QED) is 0.753. The van der Waals surface area contributed by atoms with Gasteiger partial charge in [0.15, 0.2) is 11.5 Å². The van der Waals surface area contributed by atoms with Crippen molar-refractivity contribution < 1.29 is 19.1 Å². The van der Waals surface area contributed by atoms with Crippen LogP contribution in [0.2, 0.25) is 0 Å². The Kier molecular flexibility index (Phi) is 6.07. The third-order valence-corrected chi connectivity index (χ3v) is 4.07. The molecule has 6 nitrogen and oxygen atoms in total. The lowest BCUT2D eigenvalue weighted by atomic mass is 10.1. The van der Waals surface area contributed by atoms with Crippen LogP contribution >= 0.6 is 0 Å². The molecule has 128 valence electrons. The second-order valence-corrected chi connectivity index (χ2v) is 5.60. The van der Waals surface area contributed by atoms with E-state index in [1.54, 1.807) is 19.1 Å². The van der Waals surface area contributed by atoms with Crippen LogP contribution in [0.5, 0.6) is 11.5 Å². The van der Waals surface area contributed by atoms with Crippen molar-refractivity contribution in [1.29, 1.82) is 0 Å². The van der Waals surface area contributed by atoms with Crippen molar-refractivity contribution in [1.82, 2.24) is 10.2 Å². The molecular weight excluding hydrogens is 308 g/mol. The highest BCUT2D eigenvalue weighted by molar-refractivity contribution is 5.89. The number of terminal acetylenes is 1. The number of ether oxygens (including phenoxy) is 2. The summed E-state index contributed by atoms with van der Waals surface area (Å²) in [6, 6.07) is 5.69. The van der Waals surface area contributed by atoms with Gasteiger partial charge >= 0.3 is 0 Å². The second-order valence-electron chi connectivity index (χ2n) is 5.60. The number of nitrogens with one attached hydrogen (secondary N) is 1. The van der Waals surface area contributed by atoms with Crippen molar-refractivity contribution in [2.75, 3.05) is 33.9 Å². The van der Waals surface area contributed by atoms with Crippen molar-refractivity contribution >= 4 is 11.8 Å². The van der Waals surface area contributed by atoms with Crippen molar-refractivity contribution in [3.63, 3.8) is 0 Å².